The van der Waals surface area contributed by atoms with Crippen LogP contribution in [0.15, 0.2) is 48.7 Å². The summed E-state index contributed by atoms with van der Waals surface area (Å²) in [6.07, 6.45) is 3.76. The molecule has 0 radical (unpaired) electrons. The van der Waals surface area contributed by atoms with Crippen molar-refractivity contribution in [1.82, 2.24) is 10.4 Å². The molecule has 0 aliphatic rings. The van der Waals surface area contributed by atoms with Gasteiger partial charge < -0.3 is 0 Å². The minimum atomic E-state index is 0.102. The summed E-state index contributed by atoms with van der Waals surface area (Å²) >= 11 is 0. The summed E-state index contributed by atoms with van der Waals surface area (Å²) in [6, 6.07) is 14.6. The molecule has 1 heterocycles. The third-order valence-corrected chi connectivity index (χ3v) is 3.06. The Bertz CT molecular complexity index is 482. The van der Waals surface area contributed by atoms with Gasteiger partial charge in [0.15, 0.2) is 0 Å². The van der Waals surface area contributed by atoms with Crippen LogP contribution in [0.1, 0.15) is 29.3 Å². The molecule has 0 amide bonds. The number of pyridine rings is 1. The number of aromatic nitrogens is 1. The first kappa shape index (κ1) is 12.7. The Kier molecular flexibility index (Phi) is 4.45. The molecule has 2 aromatic rings. The van der Waals surface area contributed by atoms with E-state index in [4.69, 9.17) is 5.84 Å². The van der Waals surface area contributed by atoms with Gasteiger partial charge in [-0.1, -0.05) is 30.3 Å². The first-order valence-electron chi connectivity index (χ1n) is 6.22. The second kappa shape index (κ2) is 6.28. The number of hydrazine groups is 1. The molecule has 0 spiro atoms. The maximum Gasteiger partial charge on any atom is 0.0635 e. The maximum absolute atomic E-state index is 5.63. The Hall–Kier alpha value is -1.71. The molecule has 3 nitrogen and oxygen atoms in total. The average Bonchev–Trinajstić information content (AvgIpc) is 2.41. The third-order valence-electron chi connectivity index (χ3n) is 3.06. The molecule has 3 heteroatoms. The van der Waals surface area contributed by atoms with Gasteiger partial charge in [-0.05, 0) is 43.0 Å². The van der Waals surface area contributed by atoms with E-state index in [1.807, 2.05) is 18.3 Å². The van der Waals surface area contributed by atoms with E-state index >= 15 is 0 Å². The van der Waals surface area contributed by atoms with E-state index in [0.29, 0.717) is 0 Å². The molecule has 0 bridgehead atoms. The van der Waals surface area contributed by atoms with Crippen molar-refractivity contribution in [2.75, 3.05) is 0 Å². The van der Waals surface area contributed by atoms with Gasteiger partial charge in [0.25, 0.3) is 0 Å². The van der Waals surface area contributed by atoms with Crippen LogP contribution in [0.3, 0.4) is 0 Å². The van der Waals surface area contributed by atoms with Crippen LogP contribution in [0.4, 0.5) is 0 Å². The van der Waals surface area contributed by atoms with E-state index < -0.39 is 0 Å². The van der Waals surface area contributed by atoms with Gasteiger partial charge in [-0.2, -0.15) is 0 Å². The summed E-state index contributed by atoms with van der Waals surface area (Å²) in [7, 11) is 0. The SMILES string of the molecule is Cc1ccnc(C(CCc2ccccc2)NN)c1. The normalized spacial score (nSPS) is 12.3. The highest BCUT2D eigenvalue weighted by Crippen LogP contribution is 2.17. The zero-order valence-corrected chi connectivity index (χ0v) is 10.6. The fourth-order valence-electron chi connectivity index (χ4n) is 2.02. The fourth-order valence-corrected chi connectivity index (χ4v) is 2.02. The molecule has 0 fully saturated rings. The van der Waals surface area contributed by atoms with Crippen molar-refractivity contribution in [3.05, 3.63) is 65.5 Å². The van der Waals surface area contributed by atoms with E-state index in [0.717, 1.165) is 18.5 Å². The van der Waals surface area contributed by atoms with Gasteiger partial charge in [0.1, 0.15) is 0 Å². The summed E-state index contributed by atoms with van der Waals surface area (Å²) < 4.78 is 0. The molecule has 1 unspecified atom stereocenters. The first-order valence-corrected chi connectivity index (χ1v) is 6.22. The largest absolute Gasteiger partial charge is 0.271 e. The highest BCUT2D eigenvalue weighted by atomic mass is 15.2. The van der Waals surface area contributed by atoms with E-state index in [-0.39, 0.29) is 6.04 Å². The van der Waals surface area contributed by atoms with Crippen LogP contribution >= 0.6 is 0 Å². The third kappa shape index (κ3) is 3.39. The number of benzene rings is 1. The molecule has 94 valence electrons. The molecular formula is C15H19N3. The number of hydrogen-bond acceptors (Lipinski definition) is 3. The molecule has 1 atom stereocenters. The van der Waals surface area contributed by atoms with Gasteiger partial charge in [0.05, 0.1) is 11.7 Å². The number of nitrogens with zero attached hydrogens (tertiary/aromatic N) is 1. The summed E-state index contributed by atoms with van der Waals surface area (Å²) in [5.41, 5.74) is 6.39. The number of nitrogens with two attached hydrogens (primary N) is 1. The van der Waals surface area contributed by atoms with Gasteiger partial charge in [-0.25, -0.2) is 0 Å². The highest BCUT2D eigenvalue weighted by molar-refractivity contribution is 5.19. The van der Waals surface area contributed by atoms with Crippen LogP contribution in [-0.4, -0.2) is 4.98 Å². The lowest BCUT2D eigenvalue weighted by Gasteiger charge is -2.15. The van der Waals surface area contributed by atoms with Crippen molar-refractivity contribution in [3.63, 3.8) is 0 Å². The van der Waals surface area contributed by atoms with Crippen LogP contribution in [0.25, 0.3) is 0 Å². The summed E-state index contributed by atoms with van der Waals surface area (Å²) in [6.45, 7) is 2.07. The maximum atomic E-state index is 5.63. The quantitative estimate of drug-likeness (QED) is 0.624. The average molecular weight is 241 g/mol. The topological polar surface area (TPSA) is 50.9 Å². The van der Waals surface area contributed by atoms with Crippen LogP contribution in [0, 0.1) is 6.92 Å². The molecule has 0 aliphatic carbocycles. The Balaban J connectivity index is 2.02. The first-order chi connectivity index (χ1) is 8.79. The van der Waals surface area contributed by atoms with E-state index in [2.05, 4.69) is 47.7 Å². The zero-order chi connectivity index (χ0) is 12.8. The molecule has 0 saturated heterocycles. The van der Waals surface area contributed by atoms with Crippen molar-refractivity contribution < 1.29 is 0 Å². The lowest BCUT2D eigenvalue weighted by Crippen LogP contribution is -2.29. The molecule has 3 N–H and O–H groups in total. The van der Waals surface area contributed by atoms with Gasteiger partial charge in [-0.3, -0.25) is 16.3 Å². The zero-order valence-electron chi connectivity index (χ0n) is 10.6. The van der Waals surface area contributed by atoms with Gasteiger partial charge >= 0.3 is 0 Å². The van der Waals surface area contributed by atoms with Crippen molar-refractivity contribution in [3.8, 4) is 0 Å². The van der Waals surface area contributed by atoms with E-state index in [1.165, 1.54) is 11.1 Å². The van der Waals surface area contributed by atoms with Crippen LogP contribution in [0.2, 0.25) is 0 Å². The van der Waals surface area contributed by atoms with Gasteiger partial charge in [0.2, 0.25) is 0 Å². The molecule has 2 rings (SSSR count). The minimum absolute atomic E-state index is 0.102. The van der Waals surface area contributed by atoms with E-state index in [1.54, 1.807) is 0 Å². The van der Waals surface area contributed by atoms with Crippen molar-refractivity contribution in [2.45, 2.75) is 25.8 Å². The number of rotatable bonds is 5. The molecular weight excluding hydrogens is 222 g/mol. The van der Waals surface area contributed by atoms with E-state index in [9.17, 15) is 0 Å². The monoisotopic (exact) mass is 241 g/mol. The Morgan fingerprint density at radius 3 is 2.67 bits per heavy atom. The Morgan fingerprint density at radius 1 is 1.22 bits per heavy atom. The smallest absolute Gasteiger partial charge is 0.0635 e. The van der Waals surface area contributed by atoms with Crippen molar-refractivity contribution in [2.24, 2.45) is 5.84 Å². The lowest BCUT2D eigenvalue weighted by atomic mass is 10.0. The molecule has 1 aromatic carbocycles. The van der Waals surface area contributed by atoms with Crippen molar-refractivity contribution in [1.29, 1.82) is 0 Å². The van der Waals surface area contributed by atoms with Gasteiger partial charge in [0, 0.05) is 6.20 Å². The Labute approximate surface area is 108 Å². The van der Waals surface area contributed by atoms with Crippen molar-refractivity contribution >= 4 is 0 Å². The second-order valence-corrected chi connectivity index (χ2v) is 4.50. The summed E-state index contributed by atoms with van der Waals surface area (Å²) in [5, 5.41) is 0. The second-order valence-electron chi connectivity index (χ2n) is 4.50. The molecule has 1 aromatic heterocycles. The minimum Gasteiger partial charge on any atom is -0.271 e. The summed E-state index contributed by atoms with van der Waals surface area (Å²) in [4.78, 5) is 4.38. The number of hydrogen-bond donors (Lipinski definition) is 2. The number of aryl methyl sites for hydroxylation is 2. The predicted octanol–water partition coefficient (Wildman–Crippen LogP) is 2.53. The lowest BCUT2D eigenvalue weighted by molar-refractivity contribution is 0.504. The fraction of sp³-hybridized carbons (Fsp3) is 0.267. The van der Waals surface area contributed by atoms with Crippen LogP contribution in [-0.2, 0) is 6.42 Å². The highest BCUT2D eigenvalue weighted by Gasteiger charge is 2.11. The molecule has 0 saturated carbocycles. The molecule has 18 heavy (non-hydrogen) atoms. The number of nitrogens with one attached hydrogen (secondary N) is 1. The summed E-state index contributed by atoms with van der Waals surface area (Å²) in [5.74, 6) is 5.63. The van der Waals surface area contributed by atoms with Crippen LogP contribution < -0.4 is 11.3 Å². The molecule has 0 aliphatic heterocycles. The van der Waals surface area contributed by atoms with Crippen LogP contribution in [0.5, 0.6) is 0 Å². The standard InChI is InChI=1S/C15H19N3/c1-12-9-10-17-15(11-12)14(18-16)8-7-13-5-3-2-4-6-13/h2-6,9-11,14,18H,7-8,16H2,1H3. The van der Waals surface area contributed by atoms with Gasteiger partial charge in [-0.15, -0.1) is 0 Å². The predicted molar refractivity (Wildman–Crippen MR) is 73.8 cm³/mol. The Morgan fingerprint density at radius 2 is 2.00 bits per heavy atom.